The Bertz CT molecular complexity index is 1310. The molecule has 3 aliphatic rings. The van der Waals surface area contributed by atoms with Gasteiger partial charge in [-0.05, 0) is 65.4 Å². The maximum Gasteiger partial charge on any atom is 0.419 e. The SMILES string of the molecule is N#Cc1ccc(N2C(=O)[C@H]3[C@@H]4C[C@@H](CN4C(=O)c4ccc(F)c(C(F)(F)F)c4)N3C2=O)cc1I. The average molecular weight is 584 g/mol. The number of hydrogen-bond donors (Lipinski definition) is 0. The third-order valence-electron chi connectivity index (χ3n) is 6.38. The van der Waals surface area contributed by atoms with Gasteiger partial charge >= 0.3 is 12.2 Å². The first-order chi connectivity index (χ1) is 16.0. The van der Waals surface area contributed by atoms with E-state index in [2.05, 4.69) is 0 Å². The molecule has 0 spiro atoms. The third-order valence-corrected chi connectivity index (χ3v) is 7.27. The van der Waals surface area contributed by atoms with Crippen molar-refractivity contribution in [3.63, 3.8) is 0 Å². The summed E-state index contributed by atoms with van der Waals surface area (Å²) in [5, 5.41) is 9.11. The molecule has 3 heterocycles. The minimum absolute atomic E-state index is 0.0521. The molecule has 174 valence electrons. The quantitative estimate of drug-likeness (QED) is 0.306. The highest BCUT2D eigenvalue weighted by molar-refractivity contribution is 14.1. The number of halogens is 5. The molecule has 3 atom stereocenters. The van der Waals surface area contributed by atoms with Gasteiger partial charge in [-0.1, -0.05) is 0 Å². The maximum absolute atomic E-state index is 13.6. The second kappa shape index (κ2) is 7.66. The molecule has 12 heteroatoms. The molecule has 2 aromatic rings. The van der Waals surface area contributed by atoms with E-state index in [-0.39, 0.29) is 12.1 Å². The highest BCUT2D eigenvalue weighted by atomic mass is 127. The number of nitriles is 1. The molecule has 2 aromatic carbocycles. The summed E-state index contributed by atoms with van der Waals surface area (Å²) in [6, 6.07) is 5.87. The van der Waals surface area contributed by atoms with E-state index < -0.39 is 53.5 Å². The van der Waals surface area contributed by atoms with Gasteiger partial charge in [-0.15, -0.1) is 0 Å². The fourth-order valence-electron chi connectivity index (χ4n) is 4.90. The van der Waals surface area contributed by atoms with E-state index in [0.717, 1.165) is 11.0 Å². The number of piperazine rings is 1. The Labute approximate surface area is 203 Å². The van der Waals surface area contributed by atoms with Gasteiger partial charge in [-0.3, -0.25) is 9.59 Å². The number of imide groups is 1. The van der Waals surface area contributed by atoms with Crippen molar-refractivity contribution in [2.75, 3.05) is 11.4 Å². The molecular formula is C22H13F4IN4O3. The van der Waals surface area contributed by atoms with Gasteiger partial charge in [-0.25, -0.2) is 14.1 Å². The summed E-state index contributed by atoms with van der Waals surface area (Å²) < 4.78 is 53.5. The molecule has 3 fully saturated rings. The molecule has 0 radical (unpaired) electrons. The first-order valence-electron chi connectivity index (χ1n) is 10.1. The monoisotopic (exact) mass is 584 g/mol. The lowest BCUT2D eigenvalue weighted by Gasteiger charge is -2.35. The van der Waals surface area contributed by atoms with Crippen LogP contribution in [0.5, 0.6) is 0 Å². The second-order valence-electron chi connectivity index (χ2n) is 8.19. The minimum atomic E-state index is -4.96. The van der Waals surface area contributed by atoms with Crippen LogP contribution < -0.4 is 4.90 Å². The van der Waals surface area contributed by atoms with Crippen molar-refractivity contribution in [2.45, 2.75) is 30.7 Å². The zero-order valence-electron chi connectivity index (χ0n) is 17.0. The molecule has 34 heavy (non-hydrogen) atoms. The molecule has 2 bridgehead atoms. The van der Waals surface area contributed by atoms with Gasteiger partial charge in [0.25, 0.3) is 11.8 Å². The Morgan fingerprint density at radius 2 is 1.88 bits per heavy atom. The molecule has 0 N–H and O–H groups in total. The number of carbonyl (C=O) groups excluding carboxylic acids is 3. The van der Waals surface area contributed by atoms with Crippen molar-refractivity contribution < 1.29 is 31.9 Å². The zero-order chi connectivity index (χ0) is 24.5. The third kappa shape index (κ3) is 3.24. The molecule has 0 unspecified atom stereocenters. The number of carbonyl (C=O) groups is 3. The van der Waals surface area contributed by atoms with Crippen molar-refractivity contribution >= 4 is 46.1 Å². The summed E-state index contributed by atoms with van der Waals surface area (Å²) in [6.45, 7) is 0.0521. The van der Waals surface area contributed by atoms with Crippen molar-refractivity contribution in [1.29, 1.82) is 5.26 Å². The first-order valence-corrected chi connectivity index (χ1v) is 11.1. The van der Waals surface area contributed by atoms with Crippen LogP contribution in [0.4, 0.5) is 28.0 Å². The van der Waals surface area contributed by atoms with Crippen LogP contribution in [0.2, 0.25) is 0 Å². The molecule has 0 aromatic heterocycles. The van der Waals surface area contributed by atoms with E-state index in [1.54, 1.807) is 6.07 Å². The Morgan fingerprint density at radius 1 is 1.15 bits per heavy atom. The first kappa shape index (κ1) is 22.6. The summed E-state index contributed by atoms with van der Waals surface area (Å²) in [6.07, 6.45) is -4.64. The number of fused-ring (bicyclic) bond motifs is 5. The predicted octanol–water partition coefficient (Wildman–Crippen LogP) is 3.75. The van der Waals surface area contributed by atoms with E-state index in [9.17, 15) is 31.9 Å². The maximum atomic E-state index is 13.6. The molecule has 0 aliphatic carbocycles. The highest BCUT2D eigenvalue weighted by Gasteiger charge is 2.63. The van der Waals surface area contributed by atoms with Gasteiger partial charge in [0.2, 0.25) is 0 Å². The molecular weight excluding hydrogens is 571 g/mol. The summed E-state index contributed by atoms with van der Waals surface area (Å²) in [5.74, 6) is -2.79. The van der Waals surface area contributed by atoms with Gasteiger partial charge in [0, 0.05) is 15.7 Å². The van der Waals surface area contributed by atoms with Crippen LogP contribution in [-0.4, -0.2) is 52.3 Å². The van der Waals surface area contributed by atoms with Gasteiger partial charge in [0.05, 0.1) is 28.9 Å². The number of nitrogens with zero attached hydrogens (tertiary/aromatic N) is 4. The van der Waals surface area contributed by atoms with Crippen LogP contribution in [0.15, 0.2) is 36.4 Å². The average Bonchev–Trinajstić information content (AvgIpc) is 3.44. The predicted molar refractivity (Wildman–Crippen MR) is 117 cm³/mol. The Hall–Kier alpha value is -3.21. The Morgan fingerprint density at radius 3 is 2.53 bits per heavy atom. The highest BCUT2D eigenvalue weighted by Crippen LogP contribution is 2.43. The summed E-state index contributed by atoms with van der Waals surface area (Å²) >= 11 is 1.92. The topological polar surface area (TPSA) is 84.7 Å². The van der Waals surface area contributed by atoms with Crippen molar-refractivity contribution in [2.24, 2.45) is 0 Å². The Kier molecular flexibility index (Phi) is 5.08. The summed E-state index contributed by atoms with van der Waals surface area (Å²) in [5.41, 5.74) is -1.21. The van der Waals surface area contributed by atoms with E-state index in [1.807, 2.05) is 28.7 Å². The van der Waals surface area contributed by atoms with Gasteiger partial charge in [0.15, 0.2) is 0 Å². The van der Waals surface area contributed by atoms with Crippen LogP contribution in [0.1, 0.15) is 27.9 Å². The Balaban J connectivity index is 1.44. The smallest absolute Gasteiger partial charge is 0.331 e. The number of hydrogen-bond acceptors (Lipinski definition) is 4. The fraction of sp³-hybridized carbons (Fsp3) is 0.273. The van der Waals surface area contributed by atoms with Crippen LogP contribution in [0, 0.1) is 20.7 Å². The summed E-state index contributed by atoms with van der Waals surface area (Å²) in [7, 11) is 0. The van der Waals surface area contributed by atoms with Gasteiger partial charge in [-0.2, -0.15) is 18.4 Å². The van der Waals surface area contributed by atoms with Crippen molar-refractivity contribution in [3.8, 4) is 6.07 Å². The van der Waals surface area contributed by atoms with Gasteiger partial charge in [0.1, 0.15) is 17.9 Å². The number of alkyl halides is 3. The number of anilines is 1. The summed E-state index contributed by atoms with van der Waals surface area (Å²) in [4.78, 5) is 43.1. The largest absolute Gasteiger partial charge is 0.419 e. The number of urea groups is 1. The van der Waals surface area contributed by atoms with Crippen LogP contribution in [0.25, 0.3) is 0 Å². The van der Waals surface area contributed by atoms with E-state index >= 15 is 0 Å². The zero-order valence-corrected chi connectivity index (χ0v) is 19.2. The molecule has 7 nitrogen and oxygen atoms in total. The van der Waals surface area contributed by atoms with E-state index in [4.69, 9.17) is 5.26 Å². The number of amides is 4. The molecule has 0 saturated carbocycles. The van der Waals surface area contributed by atoms with Crippen LogP contribution >= 0.6 is 22.6 Å². The fourth-order valence-corrected chi connectivity index (χ4v) is 5.52. The van der Waals surface area contributed by atoms with Crippen molar-refractivity contribution in [3.05, 3.63) is 62.5 Å². The van der Waals surface area contributed by atoms with Crippen molar-refractivity contribution in [1.82, 2.24) is 9.80 Å². The van der Waals surface area contributed by atoms with E-state index in [1.165, 1.54) is 21.9 Å². The molecule has 4 amide bonds. The van der Waals surface area contributed by atoms with Crippen LogP contribution in [-0.2, 0) is 11.0 Å². The number of benzene rings is 2. The lowest BCUT2D eigenvalue weighted by Crippen LogP contribution is -2.54. The molecule has 3 saturated heterocycles. The van der Waals surface area contributed by atoms with Gasteiger partial charge < -0.3 is 9.80 Å². The molecule has 5 rings (SSSR count). The lowest BCUT2D eigenvalue weighted by molar-refractivity contribution is -0.140. The second-order valence-corrected chi connectivity index (χ2v) is 9.35. The standard InChI is InChI=1S/C22H13F4IN4O3/c23-15-4-2-10(5-14(15)22(24,25)26)19(32)29-9-13-7-17(29)18-20(33)31(21(34)30(13)18)12-3-1-11(8-28)16(27)6-12/h1-6,13,17-18H,7,9H2/t13-,17-,18+/m0/s1. The molecule has 3 aliphatic heterocycles. The normalized spacial score (nSPS) is 23.5. The number of rotatable bonds is 2. The lowest BCUT2D eigenvalue weighted by atomic mass is 10.1. The van der Waals surface area contributed by atoms with Crippen LogP contribution in [0.3, 0.4) is 0 Å². The van der Waals surface area contributed by atoms with E-state index in [0.29, 0.717) is 33.4 Å². The minimum Gasteiger partial charge on any atom is -0.331 e. The number of likely N-dealkylation sites (tertiary alicyclic amines) is 1.